The van der Waals surface area contributed by atoms with E-state index in [4.69, 9.17) is 26.0 Å². The molecule has 0 bridgehead atoms. The second-order valence-electron chi connectivity index (χ2n) is 24.3. The number of guanidine groups is 1. The van der Waals surface area contributed by atoms with E-state index in [1.54, 1.807) is 109 Å². The van der Waals surface area contributed by atoms with Gasteiger partial charge in [-0.05, 0) is 76.0 Å². The summed E-state index contributed by atoms with van der Waals surface area (Å²) in [6.07, 6.45) is -5.60. The van der Waals surface area contributed by atoms with E-state index < -0.39 is 171 Å². The van der Waals surface area contributed by atoms with E-state index in [1.165, 1.54) is 0 Å². The predicted octanol–water partition coefficient (Wildman–Crippen LogP) is -2.04. The lowest BCUT2D eigenvalue weighted by Crippen LogP contribution is -2.63. The molecule has 0 spiro atoms. The van der Waals surface area contributed by atoms with Crippen molar-refractivity contribution in [1.29, 1.82) is 0 Å². The molecule has 0 aromatic heterocycles. The van der Waals surface area contributed by atoms with E-state index in [1.807, 2.05) is 25.0 Å². The Kier molecular flexibility index (Phi) is 32.4. The van der Waals surface area contributed by atoms with Crippen molar-refractivity contribution in [2.45, 2.75) is 179 Å². The number of hydrogen-bond donors (Lipinski definition) is 17. The van der Waals surface area contributed by atoms with Gasteiger partial charge in [-0.15, -0.1) is 0 Å². The van der Waals surface area contributed by atoms with Gasteiger partial charge in [-0.3, -0.25) is 43.3 Å². The van der Waals surface area contributed by atoms with E-state index in [0.29, 0.717) is 11.1 Å². The van der Waals surface area contributed by atoms with Crippen LogP contribution in [-0.2, 0) is 59.2 Å². The number of carboxylic acid groups (broad SMARTS) is 1. The summed E-state index contributed by atoms with van der Waals surface area (Å²) in [4.78, 5) is 154. The van der Waals surface area contributed by atoms with Gasteiger partial charge in [0.15, 0.2) is 5.96 Å². The summed E-state index contributed by atoms with van der Waals surface area (Å²) in [6.45, 7) is 15.0. The number of hydrogen-bond acceptors (Lipinski definition) is 18. The van der Waals surface area contributed by atoms with Crippen molar-refractivity contribution in [3.8, 4) is 0 Å². The zero-order chi connectivity index (χ0) is 68.2. The maximum Gasteiger partial charge on any atom is 0.408 e. The van der Waals surface area contributed by atoms with Crippen LogP contribution in [0.4, 0.5) is 9.59 Å². The minimum Gasteiger partial charge on any atom is -0.480 e. The first kappa shape index (κ1) is 77.6. The molecular formula is C58H93N13O18Si. The molecule has 31 nitrogen and oxygen atoms in total. The highest BCUT2D eigenvalue weighted by atomic mass is 28.3. The first-order valence-corrected chi connectivity index (χ1v) is 32.9. The summed E-state index contributed by atoms with van der Waals surface area (Å²) in [7, 11) is -2.38. The van der Waals surface area contributed by atoms with Gasteiger partial charge in [-0.2, -0.15) is 0 Å². The minimum atomic E-state index is -2.38. The van der Waals surface area contributed by atoms with Crippen LogP contribution in [0.15, 0.2) is 65.7 Å². The van der Waals surface area contributed by atoms with Crippen molar-refractivity contribution in [2.75, 3.05) is 26.3 Å². The lowest BCUT2D eigenvalue weighted by molar-refractivity contribution is -0.143. The molecule has 0 fully saturated rings. The van der Waals surface area contributed by atoms with E-state index in [2.05, 4.69) is 52.8 Å². The number of carbonyl (C=O) groups excluding carboxylic acids is 10. The number of nitrogens with zero attached hydrogens (tertiary/aromatic N) is 1. The van der Waals surface area contributed by atoms with Crippen LogP contribution in [0, 0.1) is 11.8 Å². The van der Waals surface area contributed by atoms with E-state index in [9.17, 15) is 73.2 Å². The Morgan fingerprint density at radius 3 is 1.62 bits per heavy atom. The number of aliphatic imine (C=N–C) groups is 1. The van der Waals surface area contributed by atoms with Crippen LogP contribution < -0.4 is 64.6 Å². The lowest BCUT2D eigenvalue weighted by atomic mass is 9.95. The van der Waals surface area contributed by atoms with E-state index in [-0.39, 0.29) is 50.3 Å². The van der Waals surface area contributed by atoms with Crippen LogP contribution in [0.5, 0.6) is 0 Å². The third-order valence-corrected chi connectivity index (χ3v) is 14.7. The molecule has 2 rings (SSSR count). The van der Waals surface area contributed by atoms with Crippen LogP contribution in [0.25, 0.3) is 0 Å². The van der Waals surface area contributed by atoms with Crippen LogP contribution in [-0.4, -0.2) is 197 Å². The van der Waals surface area contributed by atoms with Crippen molar-refractivity contribution in [3.05, 3.63) is 71.8 Å². The standard InChI is InChI=1S/C58H93N13O18Si/c1-31(2)25-37(65-53(83)45(46(76)32(3)4)69-52(82)44(71-56(86)88-29-34-19-14-12-15-20-34)43(35-21-16-13-17-22-35)70-57(87)89-58(6,7)8)48(78)64-36(23-18-24-61-55(59)60)47(77)67-40(30-90(9,10)11)50(80)68-42(33(5)74)51(81)62-26-41(75)63-38(27-72)49(79)66-39(28-73)54(84)85/h12-17,19-22,31-33,36-40,42-46,72-74,76H,18,23-30H2,1-11H3,(H,62,81)(H,63,75)(H,64,78)(H,65,83)(H,66,79)(H,67,77)(H,68,80)(H,69,82)(H,70,87)(H,71,86)(H,84,85)(H4,59,60,61)/t33-,36+,37-,38-,39-,40-,42-,43+,44-,45-,46+/m0/s1. The lowest BCUT2D eigenvalue weighted by Gasteiger charge is -2.33. The molecule has 0 radical (unpaired) electrons. The summed E-state index contributed by atoms with van der Waals surface area (Å²) in [5.41, 5.74) is 11.0. The summed E-state index contributed by atoms with van der Waals surface area (Å²) >= 11 is 0. The molecule has 0 aliphatic heterocycles. The number of carbonyl (C=O) groups is 11. The van der Waals surface area contributed by atoms with Crippen LogP contribution in [0.2, 0.25) is 25.7 Å². The molecule has 2 aromatic rings. The van der Waals surface area contributed by atoms with Gasteiger partial charge in [0.25, 0.3) is 0 Å². The van der Waals surface area contributed by atoms with Gasteiger partial charge in [-0.1, -0.05) is 108 Å². The Morgan fingerprint density at radius 2 is 1.10 bits per heavy atom. The van der Waals surface area contributed by atoms with Gasteiger partial charge in [-0.25, -0.2) is 14.4 Å². The molecule has 0 aliphatic rings. The van der Waals surface area contributed by atoms with Gasteiger partial charge in [0.05, 0.1) is 38.0 Å². The number of alkyl carbamates (subject to hydrolysis) is 2. The number of aliphatic hydroxyl groups excluding tert-OH is 4. The van der Waals surface area contributed by atoms with Gasteiger partial charge in [0, 0.05) is 14.6 Å². The molecular weight excluding hydrogens is 1190 g/mol. The molecule has 32 heteroatoms. The molecule has 0 saturated heterocycles. The largest absolute Gasteiger partial charge is 0.480 e. The number of benzene rings is 2. The molecule has 2 aromatic carbocycles. The molecule has 502 valence electrons. The number of nitrogens with two attached hydrogens (primary N) is 2. The monoisotopic (exact) mass is 1290 g/mol. The van der Waals surface area contributed by atoms with E-state index in [0.717, 1.165) is 6.92 Å². The number of aliphatic hydroxyl groups is 4. The van der Waals surface area contributed by atoms with Crippen molar-refractivity contribution in [1.82, 2.24) is 53.2 Å². The zero-order valence-electron chi connectivity index (χ0n) is 52.8. The number of rotatable bonds is 36. The van der Waals surface area contributed by atoms with Gasteiger partial charge in [0.2, 0.25) is 47.3 Å². The smallest absolute Gasteiger partial charge is 0.408 e. The highest BCUT2D eigenvalue weighted by Gasteiger charge is 2.41. The zero-order valence-corrected chi connectivity index (χ0v) is 53.8. The van der Waals surface area contributed by atoms with Crippen molar-refractivity contribution in [2.24, 2.45) is 28.3 Å². The third kappa shape index (κ3) is 28.8. The Morgan fingerprint density at radius 1 is 0.589 bits per heavy atom. The quantitative estimate of drug-likeness (QED) is 0.0151. The second-order valence-corrected chi connectivity index (χ2v) is 29.8. The van der Waals surface area contributed by atoms with Gasteiger partial charge in [0.1, 0.15) is 60.5 Å². The molecule has 0 aliphatic carbocycles. The van der Waals surface area contributed by atoms with Crippen LogP contribution >= 0.6 is 0 Å². The fourth-order valence-electron chi connectivity index (χ4n) is 8.52. The molecule has 0 unspecified atom stereocenters. The Labute approximate surface area is 524 Å². The number of ether oxygens (including phenoxy) is 2. The fourth-order valence-corrected chi connectivity index (χ4v) is 10.0. The summed E-state index contributed by atoms with van der Waals surface area (Å²) in [6, 6.07) is 1.92. The Hall–Kier alpha value is -8.46. The average Bonchev–Trinajstić information content (AvgIpc) is 1.59. The average molecular weight is 1290 g/mol. The maximum absolute atomic E-state index is 14.8. The normalized spacial score (nSPS) is 15.1. The number of nitrogens with one attached hydrogen (secondary N) is 10. The molecule has 11 atom stereocenters. The highest BCUT2D eigenvalue weighted by molar-refractivity contribution is 6.76. The van der Waals surface area contributed by atoms with Gasteiger partial charge >= 0.3 is 18.2 Å². The highest BCUT2D eigenvalue weighted by Crippen LogP contribution is 2.21. The van der Waals surface area contributed by atoms with Crippen molar-refractivity contribution < 1.29 is 87.7 Å². The molecule has 0 saturated carbocycles. The first-order valence-electron chi connectivity index (χ1n) is 29.2. The Bertz CT molecular complexity index is 2740. The molecule has 0 heterocycles. The maximum atomic E-state index is 14.8. The number of aliphatic carboxylic acids is 1. The molecule has 90 heavy (non-hydrogen) atoms. The third-order valence-electron chi connectivity index (χ3n) is 13.0. The molecule has 10 amide bonds. The van der Waals surface area contributed by atoms with Gasteiger partial charge < -0.3 is 99.6 Å². The molecule has 19 N–H and O–H groups in total. The first-order chi connectivity index (χ1) is 42.0. The fraction of sp³-hybridized carbons (Fsp3) is 0.586. The second kappa shape index (κ2) is 37.5. The minimum absolute atomic E-state index is 0.0190. The summed E-state index contributed by atoms with van der Waals surface area (Å²) < 4.78 is 11.0. The summed E-state index contributed by atoms with van der Waals surface area (Å²) in [5.74, 6) is -11.4. The van der Waals surface area contributed by atoms with Crippen LogP contribution in [0.3, 0.4) is 0 Å². The van der Waals surface area contributed by atoms with Crippen LogP contribution in [0.1, 0.15) is 91.8 Å². The summed E-state index contributed by atoms with van der Waals surface area (Å²) in [5, 5.41) is 74.7. The Balaban J connectivity index is 2.57. The van der Waals surface area contributed by atoms with Crippen molar-refractivity contribution in [3.63, 3.8) is 0 Å². The SMILES string of the molecule is CC(C)C[C@H](NC(=O)[C@@H](NC(=O)[C@@H](NC(=O)OCc1ccccc1)[C@H](NC(=O)OC(C)(C)C)c1ccccc1)[C@H](O)C(C)C)C(=O)N[C@H](CCCN=C(N)N)C(=O)N[C@@H](C[Si](C)(C)C)C(=O)N[C@H](C(=O)NCC(=O)N[C@@H](CO)C(=O)N[C@@H](CO)C(=O)O)[C@H](C)O. The van der Waals surface area contributed by atoms with Crippen molar-refractivity contribution >= 4 is 79.4 Å². The number of amides is 10. The predicted molar refractivity (Wildman–Crippen MR) is 330 cm³/mol. The van der Waals surface area contributed by atoms with E-state index >= 15 is 0 Å². The number of carboxylic acids is 1. The topological polar surface area (TPSA) is 492 Å².